The molecule has 1 aliphatic rings. The molecule has 310 valence electrons. The summed E-state index contributed by atoms with van der Waals surface area (Å²) in [5.74, 6) is -0.612. The van der Waals surface area contributed by atoms with Gasteiger partial charge in [-0.2, -0.15) is 0 Å². The molecule has 0 atom stereocenters. The molecule has 0 aliphatic heterocycles. The maximum absolute atomic E-state index is 14.8. The number of para-hydroxylation sites is 4. The molecule has 12 aromatic rings. The second kappa shape index (κ2) is 13.9. The van der Waals surface area contributed by atoms with Crippen molar-refractivity contribution >= 4 is 99.5 Å². The molecule has 65 heavy (non-hydrogen) atoms. The molecule has 1 aliphatic carbocycles. The Kier molecular flexibility index (Phi) is 7.98. The summed E-state index contributed by atoms with van der Waals surface area (Å²) in [5.41, 5.74) is 12.5. The number of hydrogen-bond acceptors (Lipinski definition) is 4. The van der Waals surface area contributed by atoms with Gasteiger partial charge in [0.1, 0.15) is 22.8 Å². The quantitative estimate of drug-likeness (QED) is 0.167. The van der Waals surface area contributed by atoms with Gasteiger partial charge in [0.25, 0.3) is 0 Å². The van der Waals surface area contributed by atoms with Crippen molar-refractivity contribution in [2.45, 2.75) is 19.3 Å². The number of halogens is 2. The SMILES string of the molecule is CC1(C)c2cc(N(c3ccc(F)cc3)c3cccc4c3oc3ccccc34)c3ccccc3c2-c2cc(N(c3ccc(F)cc3)c3cccc4c3oc3ccccc34)c3ccccc3c21. The maximum Gasteiger partial charge on any atom is 0.159 e. The molecule has 0 spiro atoms. The van der Waals surface area contributed by atoms with Gasteiger partial charge in [-0.15, -0.1) is 0 Å². The summed E-state index contributed by atoms with van der Waals surface area (Å²) in [4.78, 5) is 4.44. The van der Waals surface area contributed by atoms with E-state index in [1.54, 1.807) is 0 Å². The van der Waals surface area contributed by atoms with Crippen LogP contribution in [0.5, 0.6) is 0 Å². The lowest BCUT2D eigenvalue weighted by molar-refractivity contribution is 0.627. The van der Waals surface area contributed by atoms with Gasteiger partial charge < -0.3 is 18.6 Å². The number of fused-ring (bicyclic) bond motifs is 13. The summed E-state index contributed by atoms with van der Waals surface area (Å²) in [7, 11) is 0. The van der Waals surface area contributed by atoms with Crippen molar-refractivity contribution in [3.8, 4) is 11.1 Å². The smallest absolute Gasteiger partial charge is 0.159 e. The van der Waals surface area contributed by atoms with Gasteiger partial charge in [0.2, 0.25) is 0 Å². The highest BCUT2D eigenvalue weighted by Gasteiger charge is 2.41. The average Bonchev–Trinajstić information content (AvgIpc) is 3.99. The molecule has 4 nitrogen and oxygen atoms in total. The minimum atomic E-state index is -0.471. The third-order valence-electron chi connectivity index (χ3n) is 13.5. The largest absolute Gasteiger partial charge is 0.454 e. The molecule has 2 heterocycles. The van der Waals surface area contributed by atoms with E-state index in [4.69, 9.17) is 8.83 Å². The third kappa shape index (κ3) is 5.47. The summed E-state index contributed by atoms with van der Waals surface area (Å²) in [6.45, 7) is 4.63. The highest BCUT2D eigenvalue weighted by Crippen LogP contribution is 2.59. The normalized spacial score (nSPS) is 13.0. The van der Waals surface area contributed by atoms with E-state index in [1.807, 2.05) is 60.7 Å². The first-order chi connectivity index (χ1) is 31.8. The Morgan fingerprint density at radius 2 is 0.800 bits per heavy atom. The van der Waals surface area contributed by atoms with Crippen LogP contribution in [0.3, 0.4) is 0 Å². The Labute approximate surface area is 372 Å². The number of anilines is 6. The lowest BCUT2D eigenvalue weighted by atomic mass is 9.79. The van der Waals surface area contributed by atoms with Gasteiger partial charge in [-0.05, 0) is 118 Å². The fraction of sp³-hybridized carbons (Fsp3) is 0.0508. The highest BCUT2D eigenvalue weighted by molar-refractivity contribution is 6.18. The molecule has 13 rings (SSSR count). The predicted molar refractivity (Wildman–Crippen MR) is 263 cm³/mol. The van der Waals surface area contributed by atoms with E-state index >= 15 is 0 Å². The number of rotatable bonds is 6. The number of furan rings is 2. The number of benzene rings is 10. The van der Waals surface area contributed by atoms with Crippen molar-refractivity contribution in [2.24, 2.45) is 0 Å². The van der Waals surface area contributed by atoms with Crippen LogP contribution in [0.25, 0.3) is 76.5 Å². The van der Waals surface area contributed by atoms with Gasteiger partial charge in [-0.3, -0.25) is 0 Å². The number of nitrogens with zero attached hydrogens (tertiary/aromatic N) is 2. The summed E-state index contributed by atoms with van der Waals surface area (Å²) in [6, 6.07) is 64.0. The third-order valence-corrected chi connectivity index (χ3v) is 13.5. The molecular formula is C59H38F2N2O2. The zero-order valence-electron chi connectivity index (χ0n) is 35.4. The van der Waals surface area contributed by atoms with E-state index in [-0.39, 0.29) is 11.6 Å². The summed E-state index contributed by atoms with van der Waals surface area (Å²) >= 11 is 0. The van der Waals surface area contributed by atoms with E-state index in [0.717, 1.165) is 111 Å². The Bertz CT molecular complexity index is 3900. The van der Waals surface area contributed by atoms with Gasteiger partial charge in [-0.25, -0.2) is 8.78 Å². The maximum atomic E-state index is 14.8. The fourth-order valence-corrected chi connectivity index (χ4v) is 10.7. The molecule has 0 amide bonds. The average molecular weight is 845 g/mol. The van der Waals surface area contributed by atoms with Crippen molar-refractivity contribution in [1.29, 1.82) is 0 Å². The van der Waals surface area contributed by atoms with E-state index < -0.39 is 5.41 Å². The van der Waals surface area contributed by atoms with Crippen molar-refractivity contribution in [2.75, 3.05) is 9.80 Å². The Morgan fingerprint density at radius 1 is 0.385 bits per heavy atom. The van der Waals surface area contributed by atoms with Crippen LogP contribution >= 0.6 is 0 Å². The van der Waals surface area contributed by atoms with E-state index in [2.05, 4.69) is 133 Å². The monoisotopic (exact) mass is 844 g/mol. The number of hydrogen-bond donors (Lipinski definition) is 0. The molecule has 0 saturated heterocycles. The molecule has 0 bridgehead atoms. The van der Waals surface area contributed by atoms with Crippen LogP contribution in [0.2, 0.25) is 0 Å². The first kappa shape index (κ1) is 37.3. The summed E-state index contributed by atoms with van der Waals surface area (Å²) in [6.07, 6.45) is 0. The van der Waals surface area contributed by atoms with Crippen molar-refractivity contribution in [1.82, 2.24) is 0 Å². The van der Waals surface area contributed by atoms with Crippen molar-refractivity contribution < 1.29 is 17.6 Å². The van der Waals surface area contributed by atoms with Crippen molar-refractivity contribution in [3.63, 3.8) is 0 Å². The first-order valence-corrected chi connectivity index (χ1v) is 21.9. The van der Waals surface area contributed by atoms with Gasteiger partial charge in [-0.1, -0.05) is 123 Å². The molecule has 0 saturated carbocycles. The van der Waals surface area contributed by atoms with Crippen LogP contribution in [-0.2, 0) is 5.41 Å². The van der Waals surface area contributed by atoms with E-state index in [9.17, 15) is 8.78 Å². The lowest BCUT2D eigenvalue weighted by Crippen LogP contribution is -2.18. The molecule has 10 aromatic carbocycles. The van der Waals surface area contributed by atoms with Crippen LogP contribution in [0.1, 0.15) is 25.0 Å². The minimum absolute atomic E-state index is 0.306. The molecule has 0 radical (unpaired) electrons. The molecule has 2 aromatic heterocycles. The molecule has 0 fully saturated rings. The summed E-state index contributed by atoms with van der Waals surface area (Å²) < 4.78 is 42.9. The van der Waals surface area contributed by atoms with Gasteiger partial charge in [0.05, 0.1) is 22.7 Å². The molecular weight excluding hydrogens is 807 g/mol. The van der Waals surface area contributed by atoms with Crippen LogP contribution in [-0.4, -0.2) is 0 Å². The zero-order valence-corrected chi connectivity index (χ0v) is 35.4. The predicted octanol–water partition coefficient (Wildman–Crippen LogP) is 17.3. The Balaban J connectivity index is 1.10. The summed E-state index contributed by atoms with van der Waals surface area (Å²) in [5, 5.41) is 8.38. The molecule has 6 heteroatoms. The van der Waals surface area contributed by atoms with E-state index in [0.29, 0.717) is 0 Å². The van der Waals surface area contributed by atoms with Crippen LogP contribution in [0.4, 0.5) is 42.9 Å². The molecule has 0 N–H and O–H groups in total. The minimum Gasteiger partial charge on any atom is -0.454 e. The molecule has 0 unspecified atom stereocenters. The van der Waals surface area contributed by atoms with E-state index in [1.165, 1.54) is 35.4 Å². The zero-order chi connectivity index (χ0) is 43.6. The Morgan fingerprint density at radius 3 is 1.32 bits per heavy atom. The first-order valence-electron chi connectivity index (χ1n) is 21.9. The van der Waals surface area contributed by atoms with Crippen LogP contribution in [0, 0.1) is 11.6 Å². The standard InChI is InChI=1S/C59H38F2N2O2/c1-59(2)48-34-52(63(38-31-27-36(61)28-32-38)50-22-12-20-46-42-16-8-10-24-54(42)65-58(46)50)39-13-3-5-17-43(39)55(48)47-33-51(40-14-4-6-18-44(40)56(47)59)62(37-29-25-35(60)26-30-37)49-21-11-19-45-41-15-7-9-23-53(41)64-57(45)49/h3-34H,1-2H3. The fourth-order valence-electron chi connectivity index (χ4n) is 10.7. The highest BCUT2D eigenvalue weighted by atomic mass is 19.1. The van der Waals surface area contributed by atoms with Gasteiger partial charge in [0.15, 0.2) is 11.2 Å². The lowest BCUT2D eigenvalue weighted by Gasteiger charge is -2.30. The Hall–Kier alpha value is -8.22. The van der Waals surface area contributed by atoms with Crippen molar-refractivity contribution in [3.05, 3.63) is 217 Å². The second-order valence-corrected chi connectivity index (χ2v) is 17.5. The second-order valence-electron chi connectivity index (χ2n) is 17.5. The topological polar surface area (TPSA) is 32.8 Å². The van der Waals surface area contributed by atoms with Crippen LogP contribution in [0.15, 0.2) is 203 Å². The van der Waals surface area contributed by atoms with Gasteiger partial charge in [0, 0.05) is 49.1 Å². The van der Waals surface area contributed by atoms with Gasteiger partial charge >= 0.3 is 0 Å². The van der Waals surface area contributed by atoms with Crippen LogP contribution < -0.4 is 9.80 Å².